The second-order valence-electron chi connectivity index (χ2n) is 3.96. The van der Waals surface area contributed by atoms with E-state index in [0.29, 0.717) is 13.0 Å². The predicted octanol–water partition coefficient (Wildman–Crippen LogP) is 0.373. The molecule has 0 spiro atoms. The highest BCUT2D eigenvalue weighted by atomic mass is 16.5. The Bertz CT molecular complexity index is 516. The van der Waals surface area contributed by atoms with Gasteiger partial charge in [-0.2, -0.15) is 0 Å². The zero-order valence-electron chi connectivity index (χ0n) is 10.7. The maximum atomic E-state index is 11.9. The lowest BCUT2D eigenvalue weighted by atomic mass is 10.3. The number of nitrogens with zero attached hydrogens (tertiary/aromatic N) is 2. The van der Waals surface area contributed by atoms with Gasteiger partial charge in [-0.05, 0) is 12.8 Å². The lowest BCUT2D eigenvalue weighted by molar-refractivity contribution is -0.140. The quantitative estimate of drug-likeness (QED) is 0.688. The molecule has 1 rings (SSSR count). The summed E-state index contributed by atoms with van der Waals surface area (Å²) in [7, 11) is 1.31. The van der Waals surface area contributed by atoms with Gasteiger partial charge in [-0.3, -0.25) is 14.2 Å². The second kappa shape index (κ2) is 6.78. The molecule has 6 nitrogen and oxygen atoms in total. The number of esters is 1. The molecule has 0 N–H and O–H groups in total. The number of hydrogen-bond acceptors (Lipinski definition) is 4. The molecule has 0 fully saturated rings. The fraction of sp³-hybridized carbons (Fsp3) is 0.583. The average Bonchev–Trinajstić information content (AvgIpc) is 2.36. The topological polar surface area (TPSA) is 70.3 Å². The molecule has 0 radical (unpaired) electrons. The zero-order chi connectivity index (χ0) is 13.5. The van der Waals surface area contributed by atoms with E-state index < -0.39 is 0 Å². The van der Waals surface area contributed by atoms with Crippen molar-refractivity contribution in [3.8, 4) is 0 Å². The maximum absolute atomic E-state index is 11.9. The van der Waals surface area contributed by atoms with Crippen LogP contribution in [0.5, 0.6) is 0 Å². The lowest BCUT2D eigenvalue weighted by Crippen LogP contribution is -2.39. The molecule has 0 unspecified atom stereocenters. The van der Waals surface area contributed by atoms with E-state index in [1.54, 1.807) is 0 Å². The molecular formula is C12H18N2O4. The first-order valence-electron chi connectivity index (χ1n) is 5.97. The molecule has 0 aromatic carbocycles. The Morgan fingerprint density at radius 1 is 1.33 bits per heavy atom. The molecule has 0 amide bonds. The normalized spacial score (nSPS) is 10.3. The Balaban J connectivity index is 2.81. The minimum Gasteiger partial charge on any atom is -0.469 e. The highest BCUT2D eigenvalue weighted by Gasteiger charge is 2.06. The van der Waals surface area contributed by atoms with E-state index in [1.807, 2.05) is 6.92 Å². The predicted molar refractivity (Wildman–Crippen MR) is 66.5 cm³/mol. The third kappa shape index (κ3) is 3.58. The van der Waals surface area contributed by atoms with Gasteiger partial charge in [-0.15, -0.1) is 0 Å². The van der Waals surface area contributed by atoms with Gasteiger partial charge < -0.3 is 9.30 Å². The van der Waals surface area contributed by atoms with Crippen molar-refractivity contribution in [3.05, 3.63) is 33.1 Å². The highest BCUT2D eigenvalue weighted by molar-refractivity contribution is 5.68. The van der Waals surface area contributed by atoms with Crippen molar-refractivity contribution < 1.29 is 9.53 Å². The Labute approximate surface area is 105 Å². The van der Waals surface area contributed by atoms with Crippen molar-refractivity contribution in [1.29, 1.82) is 0 Å². The Morgan fingerprint density at radius 2 is 2.06 bits per heavy atom. The van der Waals surface area contributed by atoms with Crippen LogP contribution in [0.4, 0.5) is 0 Å². The fourth-order valence-electron chi connectivity index (χ4n) is 1.66. The largest absolute Gasteiger partial charge is 0.469 e. The van der Waals surface area contributed by atoms with Crippen LogP contribution in [0.25, 0.3) is 0 Å². The summed E-state index contributed by atoms with van der Waals surface area (Å²) in [5.41, 5.74) is -0.661. The number of aryl methyl sites for hydroxylation is 1. The van der Waals surface area contributed by atoms with Gasteiger partial charge in [0.05, 0.1) is 7.11 Å². The van der Waals surface area contributed by atoms with Crippen molar-refractivity contribution in [3.63, 3.8) is 0 Å². The molecule has 1 aromatic rings. The van der Waals surface area contributed by atoms with E-state index in [9.17, 15) is 14.4 Å². The van der Waals surface area contributed by atoms with Crippen molar-refractivity contribution in [2.24, 2.45) is 0 Å². The third-order valence-corrected chi connectivity index (χ3v) is 2.59. The molecular weight excluding hydrogens is 236 g/mol. The van der Waals surface area contributed by atoms with Crippen molar-refractivity contribution in [1.82, 2.24) is 9.13 Å². The first-order chi connectivity index (χ1) is 8.60. The zero-order valence-corrected chi connectivity index (χ0v) is 10.7. The van der Waals surface area contributed by atoms with Crippen LogP contribution in [0.15, 0.2) is 21.9 Å². The van der Waals surface area contributed by atoms with E-state index >= 15 is 0 Å². The summed E-state index contributed by atoms with van der Waals surface area (Å²) in [6.07, 6.45) is 2.94. The van der Waals surface area contributed by atoms with Crippen molar-refractivity contribution >= 4 is 5.97 Å². The van der Waals surface area contributed by atoms with Crippen LogP contribution in [0, 0.1) is 0 Å². The molecule has 6 heteroatoms. The third-order valence-electron chi connectivity index (χ3n) is 2.59. The number of carbonyl (C=O) groups is 1. The minimum atomic E-state index is -0.340. The summed E-state index contributed by atoms with van der Waals surface area (Å²) in [6.45, 7) is 2.77. The molecule has 1 aromatic heterocycles. The molecule has 0 aliphatic carbocycles. The van der Waals surface area contributed by atoms with Gasteiger partial charge >= 0.3 is 11.7 Å². The van der Waals surface area contributed by atoms with Crippen LogP contribution in [0.1, 0.15) is 26.2 Å². The Kier molecular flexibility index (Phi) is 5.35. The Morgan fingerprint density at radius 3 is 2.67 bits per heavy atom. The number of methoxy groups -OCH3 is 1. The van der Waals surface area contributed by atoms with Crippen LogP contribution < -0.4 is 11.2 Å². The van der Waals surface area contributed by atoms with Gasteiger partial charge in [0.15, 0.2) is 0 Å². The van der Waals surface area contributed by atoms with E-state index in [0.717, 1.165) is 11.0 Å². The van der Waals surface area contributed by atoms with Crippen LogP contribution in [0.3, 0.4) is 0 Å². The summed E-state index contributed by atoms with van der Waals surface area (Å²) >= 11 is 0. The number of aromatic nitrogens is 2. The first-order valence-corrected chi connectivity index (χ1v) is 5.97. The van der Waals surface area contributed by atoms with Gasteiger partial charge in [0, 0.05) is 31.8 Å². The monoisotopic (exact) mass is 254 g/mol. The molecule has 0 saturated carbocycles. The summed E-state index contributed by atoms with van der Waals surface area (Å²) in [5, 5.41) is 0. The fourth-order valence-corrected chi connectivity index (χ4v) is 1.66. The van der Waals surface area contributed by atoms with Crippen molar-refractivity contribution in [2.75, 3.05) is 7.11 Å². The second-order valence-corrected chi connectivity index (χ2v) is 3.96. The number of carbonyl (C=O) groups excluding carboxylic acids is 1. The van der Waals surface area contributed by atoms with E-state index in [1.165, 1.54) is 23.9 Å². The van der Waals surface area contributed by atoms with Crippen molar-refractivity contribution in [2.45, 2.75) is 39.3 Å². The molecule has 18 heavy (non-hydrogen) atoms. The number of hydrogen-bond donors (Lipinski definition) is 0. The molecule has 100 valence electrons. The van der Waals surface area contributed by atoms with E-state index in [2.05, 4.69) is 4.74 Å². The van der Waals surface area contributed by atoms with E-state index in [-0.39, 0.29) is 30.2 Å². The standard InChI is InChI=1S/C12H18N2O4/c1-3-7-13-9-6-10(15)14(12(13)17)8-4-5-11(16)18-2/h6,9H,3-5,7-8H2,1-2H3. The Hall–Kier alpha value is -1.85. The summed E-state index contributed by atoms with van der Waals surface area (Å²) in [4.78, 5) is 34.5. The van der Waals surface area contributed by atoms with Crippen LogP contribution in [-0.4, -0.2) is 22.2 Å². The van der Waals surface area contributed by atoms with E-state index in [4.69, 9.17) is 0 Å². The van der Waals surface area contributed by atoms with Gasteiger partial charge in [0.2, 0.25) is 0 Å². The molecule has 0 aliphatic heterocycles. The first kappa shape index (κ1) is 14.2. The summed E-state index contributed by atoms with van der Waals surface area (Å²) in [5.74, 6) is -0.340. The van der Waals surface area contributed by atoms with Crippen LogP contribution in [-0.2, 0) is 22.6 Å². The molecule has 0 bridgehead atoms. The molecule has 1 heterocycles. The molecule has 0 atom stereocenters. The maximum Gasteiger partial charge on any atom is 0.330 e. The summed E-state index contributed by atoms with van der Waals surface area (Å²) in [6, 6.07) is 1.37. The number of rotatable bonds is 6. The highest BCUT2D eigenvalue weighted by Crippen LogP contribution is 1.93. The van der Waals surface area contributed by atoms with Gasteiger partial charge in [0.1, 0.15) is 0 Å². The lowest BCUT2D eigenvalue weighted by Gasteiger charge is -2.08. The smallest absolute Gasteiger partial charge is 0.330 e. The van der Waals surface area contributed by atoms with Crippen LogP contribution in [0.2, 0.25) is 0 Å². The SMILES string of the molecule is CCCn1ccc(=O)n(CCCC(=O)OC)c1=O. The van der Waals surface area contributed by atoms with Gasteiger partial charge in [-0.1, -0.05) is 6.92 Å². The average molecular weight is 254 g/mol. The molecule has 0 aliphatic rings. The minimum absolute atomic E-state index is 0.199. The van der Waals surface area contributed by atoms with Gasteiger partial charge in [-0.25, -0.2) is 4.79 Å². The van der Waals surface area contributed by atoms with Gasteiger partial charge in [0.25, 0.3) is 5.56 Å². The summed E-state index contributed by atoms with van der Waals surface area (Å²) < 4.78 is 7.15. The molecule has 0 saturated heterocycles. The van der Waals surface area contributed by atoms with Crippen LogP contribution >= 0.6 is 0 Å². The number of ether oxygens (including phenoxy) is 1.